The first kappa shape index (κ1) is 14.5. The lowest BCUT2D eigenvalue weighted by Gasteiger charge is -2.12. The summed E-state index contributed by atoms with van der Waals surface area (Å²) in [5, 5.41) is 13.5. The molecular formula is C13H14N4O4. The molecule has 0 fully saturated rings. The molecule has 0 saturated carbocycles. The standard InChI is InChI=1S/C13H14N4O4/c1-8(12-3-2-6-21-12)15-13(18)9-4-5-11(17(19)20)10(7-9)16-14/h2-8,16H,14H2,1H3,(H,15,18). The van der Waals surface area contributed by atoms with Crippen LogP contribution in [-0.4, -0.2) is 10.8 Å². The van der Waals surface area contributed by atoms with Gasteiger partial charge in [-0.05, 0) is 31.2 Å². The number of hydrazine groups is 1. The third kappa shape index (κ3) is 3.18. The molecule has 2 aromatic rings. The summed E-state index contributed by atoms with van der Waals surface area (Å²) in [6, 6.07) is 7.05. The summed E-state index contributed by atoms with van der Waals surface area (Å²) in [6.45, 7) is 1.77. The normalized spacial score (nSPS) is 11.7. The molecule has 0 saturated heterocycles. The van der Waals surface area contributed by atoms with E-state index in [0.29, 0.717) is 5.76 Å². The maximum absolute atomic E-state index is 12.1. The van der Waals surface area contributed by atoms with Gasteiger partial charge in [-0.1, -0.05) is 0 Å². The molecule has 8 nitrogen and oxygen atoms in total. The van der Waals surface area contributed by atoms with Crippen LogP contribution in [0.2, 0.25) is 0 Å². The molecular weight excluding hydrogens is 276 g/mol. The number of hydrogen-bond acceptors (Lipinski definition) is 6. The van der Waals surface area contributed by atoms with Gasteiger partial charge in [0, 0.05) is 11.6 Å². The number of anilines is 1. The number of hydrogen-bond donors (Lipinski definition) is 3. The van der Waals surface area contributed by atoms with Gasteiger partial charge in [0.1, 0.15) is 11.4 Å². The van der Waals surface area contributed by atoms with Gasteiger partial charge in [-0.15, -0.1) is 0 Å². The van der Waals surface area contributed by atoms with E-state index in [2.05, 4.69) is 10.7 Å². The molecule has 8 heteroatoms. The van der Waals surface area contributed by atoms with E-state index in [4.69, 9.17) is 10.3 Å². The Morgan fingerprint density at radius 3 is 2.76 bits per heavy atom. The molecule has 0 aliphatic heterocycles. The molecule has 1 aromatic carbocycles. The summed E-state index contributed by atoms with van der Waals surface area (Å²) >= 11 is 0. The van der Waals surface area contributed by atoms with E-state index < -0.39 is 4.92 Å². The van der Waals surface area contributed by atoms with Gasteiger partial charge in [0.2, 0.25) is 0 Å². The van der Waals surface area contributed by atoms with Crippen LogP contribution in [0.4, 0.5) is 11.4 Å². The van der Waals surface area contributed by atoms with Crippen molar-refractivity contribution in [1.82, 2.24) is 5.32 Å². The Morgan fingerprint density at radius 2 is 2.19 bits per heavy atom. The minimum atomic E-state index is -0.581. The summed E-state index contributed by atoms with van der Waals surface area (Å²) in [6.07, 6.45) is 1.51. The van der Waals surface area contributed by atoms with E-state index in [-0.39, 0.29) is 28.9 Å². The zero-order valence-electron chi connectivity index (χ0n) is 11.2. The molecule has 1 amide bonds. The fraction of sp³-hybridized carbons (Fsp3) is 0.154. The van der Waals surface area contributed by atoms with Gasteiger partial charge < -0.3 is 15.2 Å². The predicted octanol–water partition coefficient (Wildman–Crippen LogP) is 1.96. The summed E-state index contributed by atoms with van der Waals surface area (Å²) < 4.78 is 5.19. The largest absolute Gasteiger partial charge is 0.467 e. The first-order chi connectivity index (χ1) is 10.0. The topological polar surface area (TPSA) is 123 Å². The minimum absolute atomic E-state index is 0.0679. The van der Waals surface area contributed by atoms with Crippen molar-refractivity contribution in [3.8, 4) is 0 Å². The lowest BCUT2D eigenvalue weighted by Crippen LogP contribution is -2.26. The lowest BCUT2D eigenvalue weighted by atomic mass is 10.1. The lowest BCUT2D eigenvalue weighted by molar-refractivity contribution is -0.384. The minimum Gasteiger partial charge on any atom is -0.467 e. The Balaban J connectivity index is 2.18. The summed E-state index contributed by atoms with van der Waals surface area (Å²) in [4.78, 5) is 22.3. The highest BCUT2D eigenvalue weighted by molar-refractivity contribution is 5.96. The van der Waals surface area contributed by atoms with Crippen molar-refractivity contribution >= 4 is 17.3 Å². The average molecular weight is 290 g/mol. The number of nitro benzene ring substituents is 1. The van der Waals surface area contributed by atoms with Gasteiger partial charge >= 0.3 is 0 Å². The molecule has 0 bridgehead atoms. The number of nitrogens with one attached hydrogen (secondary N) is 2. The fourth-order valence-electron chi connectivity index (χ4n) is 1.84. The molecule has 21 heavy (non-hydrogen) atoms. The summed E-state index contributed by atoms with van der Waals surface area (Å²) in [7, 11) is 0. The molecule has 4 N–H and O–H groups in total. The van der Waals surface area contributed by atoms with Crippen molar-refractivity contribution < 1.29 is 14.1 Å². The van der Waals surface area contributed by atoms with Crippen LogP contribution in [0.1, 0.15) is 29.1 Å². The van der Waals surface area contributed by atoms with E-state index in [9.17, 15) is 14.9 Å². The zero-order valence-corrected chi connectivity index (χ0v) is 11.2. The Labute approximate surface area is 120 Å². The van der Waals surface area contributed by atoms with Crippen LogP contribution in [-0.2, 0) is 0 Å². The van der Waals surface area contributed by atoms with Crippen LogP contribution in [0.5, 0.6) is 0 Å². The zero-order chi connectivity index (χ0) is 15.4. The molecule has 0 spiro atoms. The van der Waals surface area contributed by atoms with Gasteiger partial charge in [-0.25, -0.2) is 0 Å². The summed E-state index contributed by atoms with van der Waals surface area (Å²) in [5.41, 5.74) is 2.34. The number of amides is 1. The van der Waals surface area contributed by atoms with Crippen LogP contribution in [0.15, 0.2) is 41.0 Å². The molecule has 0 aliphatic carbocycles. The number of nitrogen functional groups attached to an aromatic ring is 1. The highest BCUT2D eigenvalue weighted by atomic mass is 16.6. The van der Waals surface area contributed by atoms with Gasteiger partial charge in [-0.3, -0.25) is 20.8 Å². The van der Waals surface area contributed by atoms with Crippen LogP contribution < -0.4 is 16.6 Å². The number of rotatable bonds is 5. The monoisotopic (exact) mass is 290 g/mol. The van der Waals surface area contributed by atoms with Crippen molar-refractivity contribution in [2.75, 3.05) is 5.43 Å². The molecule has 1 heterocycles. The molecule has 0 radical (unpaired) electrons. The van der Waals surface area contributed by atoms with Gasteiger partial charge in [0.05, 0.1) is 17.2 Å². The second-order valence-corrected chi connectivity index (χ2v) is 4.34. The Hall–Kier alpha value is -2.87. The highest BCUT2D eigenvalue weighted by Gasteiger charge is 2.18. The van der Waals surface area contributed by atoms with Crippen LogP contribution >= 0.6 is 0 Å². The Bertz CT molecular complexity index is 654. The quantitative estimate of drug-likeness (QED) is 0.439. The molecule has 0 aliphatic rings. The van der Waals surface area contributed by atoms with E-state index >= 15 is 0 Å². The van der Waals surface area contributed by atoms with Gasteiger partial charge in [-0.2, -0.15) is 0 Å². The van der Waals surface area contributed by atoms with Crippen LogP contribution in [0.25, 0.3) is 0 Å². The molecule has 1 unspecified atom stereocenters. The van der Waals surface area contributed by atoms with E-state index in [1.807, 2.05) is 0 Å². The van der Waals surface area contributed by atoms with Crippen LogP contribution in [0, 0.1) is 10.1 Å². The Kier molecular flexibility index (Phi) is 4.19. The van der Waals surface area contributed by atoms with Crippen LogP contribution in [0.3, 0.4) is 0 Å². The van der Waals surface area contributed by atoms with E-state index in [1.165, 1.54) is 24.5 Å². The third-order valence-electron chi connectivity index (χ3n) is 2.93. The van der Waals surface area contributed by atoms with Crippen molar-refractivity contribution in [3.05, 3.63) is 58.0 Å². The van der Waals surface area contributed by atoms with Gasteiger partial charge in [0.25, 0.3) is 11.6 Å². The Morgan fingerprint density at radius 1 is 1.43 bits per heavy atom. The second kappa shape index (κ2) is 6.06. The van der Waals surface area contributed by atoms with Crippen molar-refractivity contribution in [2.45, 2.75) is 13.0 Å². The van der Waals surface area contributed by atoms with E-state index in [1.54, 1.807) is 19.1 Å². The first-order valence-corrected chi connectivity index (χ1v) is 6.12. The number of benzene rings is 1. The number of nitrogens with zero attached hydrogens (tertiary/aromatic N) is 1. The maximum Gasteiger partial charge on any atom is 0.293 e. The molecule has 1 aromatic heterocycles. The number of carbonyl (C=O) groups excluding carboxylic acids is 1. The summed E-state index contributed by atoms with van der Waals surface area (Å²) in [5.74, 6) is 5.46. The number of furan rings is 1. The molecule has 2 rings (SSSR count). The number of nitrogens with two attached hydrogens (primary N) is 1. The molecule has 110 valence electrons. The van der Waals surface area contributed by atoms with E-state index in [0.717, 1.165) is 0 Å². The number of nitro groups is 1. The smallest absolute Gasteiger partial charge is 0.293 e. The highest BCUT2D eigenvalue weighted by Crippen LogP contribution is 2.24. The molecule has 1 atom stereocenters. The van der Waals surface area contributed by atoms with Gasteiger partial charge in [0.15, 0.2) is 0 Å². The fourth-order valence-corrected chi connectivity index (χ4v) is 1.84. The second-order valence-electron chi connectivity index (χ2n) is 4.34. The maximum atomic E-state index is 12.1. The third-order valence-corrected chi connectivity index (χ3v) is 2.93. The first-order valence-electron chi connectivity index (χ1n) is 6.12. The number of carbonyl (C=O) groups is 1. The van der Waals surface area contributed by atoms with Crippen molar-refractivity contribution in [3.63, 3.8) is 0 Å². The van der Waals surface area contributed by atoms with Crippen molar-refractivity contribution in [1.29, 1.82) is 0 Å². The van der Waals surface area contributed by atoms with Crippen molar-refractivity contribution in [2.24, 2.45) is 5.84 Å². The predicted molar refractivity (Wildman–Crippen MR) is 75.5 cm³/mol. The SMILES string of the molecule is CC(NC(=O)c1ccc([N+](=O)[O-])c(NN)c1)c1ccco1. The average Bonchev–Trinajstić information content (AvgIpc) is 3.00.